The van der Waals surface area contributed by atoms with Gasteiger partial charge in [-0.15, -0.1) is 0 Å². The molecule has 3 aliphatic heterocycles. The standard InChI is InChI=1S/C10H13NO3S2/c1-11-7-2-3-8(12)9(11)10(6-7)15(13)4-5-16(10)14/h2-3,7,9H,4-6H2,1H3/t7-,9+,15+,16+/m0/s1. The van der Waals surface area contributed by atoms with E-state index in [4.69, 9.17) is 0 Å². The largest absolute Gasteiger partial charge is 0.293 e. The highest BCUT2D eigenvalue weighted by Gasteiger charge is 2.63. The molecule has 3 aliphatic rings. The second-order valence-corrected chi connectivity index (χ2v) is 8.43. The number of hydrogen-bond donors (Lipinski definition) is 0. The van der Waals surface area contributed by atoms with Crippen molar-refractivity contribution in [3.8, 4) is 0 Å². The molecule has 0 amide bonds. The zero-order chi connectivity index (χ0) is 11.5. The van der Waals surface area contributed by atoms with Crippen LogP contribution >= 0.6 is 0 Å². The van der Waals surface area contributed by atoms with Gasteiger partial charge >= 0.3 is 0 Å². The molecule has 1 spiro atoms. The molecule has 0 unspecified atom stereocenters. The van der Waals surface area contributed by atoms with Gasteiger partial charge in [-0.05, 0) is 19.5 Å². The van der Waals surface area contributed by atoms with Gasteiger partial charge in [0, 0.05) is 39.1 Å². The van der Waals surface area contributed by atoms with Crippen molar-refractivity contribution in [2.75, 3.05) is 18.6 Å². The SMILES string of the molecule is CN1[C@H]2C=CC(=O)[C@@H]1C1(C2)[S@](=O)CC[S@]1=O. The van der Waals surface area contributed by atoms with Gasteiger partial charge in [0.05, 0.1) is 0 Å². The van der Waals surface area contributed by atoms with E-state index in [1.165, 1.54) is 0 Å². The van der Waals surface area contributed by atoms with Gasteiger partial charge in [-0.1, -0.05) is 6.08 Å². The van der Waals surface area contributed by atoms with Gasteiger partial charge < -0.3 is 0 Å². The Hall–Kier alpha value is -0.330. The third kappa shape index (κ3) is 1.10. The molecular weight excluding hydrogens is 246 g/mol. The Bertz CT molecular complexity index is 429. The van der Waals surface area contributed by atoms with E-state index in [2.05, 4.69) is 0 Å². The molecule has 0 aromatic rings. The summed E-state index contributed by atoms with van der Waals surface area (Å²) in [4.78, 5) is 13.9. The molecule has 3 rings (SSSR count). The van der Waals surface area contributed by atoms with Crippen molar-refractivity contribution in [1.82, 2.24) is 4.90 Å². The van der Waals surface area contributed by atoms with Crippen LogP contribution in [-0.4, -0.2) is 53.8 Å². The Kier molecular flexibility index (Phi) is 2.25. The van der Waals surface area contributed by atoms with E-state index >= 15 is 0 Å². The number of likely N-dealkylation sites (N-methyl/N-ethyl adjacent to an activating group) is 1. The molecule has 0 aromatic heterocycles. The van der Waals surface area contributed by atoms with Gasteiger partial charge in [-0.3, -0.25) is 18.1 Å². The molecule has 0 radical (unpaired) electrons. The Labute approximate surface area is 99.0 Å². The van der Waals surface area contributed by atoms with E-state index in [0.717, 1.165) is 0 Å². The van der Waals surface area contributed by atoms with Crippen molar-refractivity contribution in [2.24, 2.45) is 0 Å². The van der Waals surface area contributed by atoms with Crippen molar-refractivity contribution in [2.45, 2.75) is 22.6 Å². The first kappa shape index (κ1) is 10.8. The van der Waals surface area contributed by atoms with Crippen LogP contribution in [-0.2, 0) is 26.4 Å². The maximum Gasteiger partial charge on any atom is 0.175 e. The summed E-state index contributed by atoms with van der Waals surface area (Å²) in [6, 6.07) is -0.319. The summed E-state index contributed by atoms with van der Waals surface area (Å²) >= 11 is 0. The van der Waals surface area contributed by atoms with Crippen LogP contribution in [0.15, 0.2) is 12.2 Å². The smallest absolute Gasteiger partial charge is 0.175 e. The summed E-state index contributed by atoms with van der Waals surface area (Å²) in [7, 11) is -0.424. The molecule has 0 saturated carbocycles. The van der Waals surface area contributed by atoms with Crippen LogP contribution in [0.3, 0.4) is 0 Å². The Morgan fingerprint density at radius 3 is 2.62 bits per heavy atom. The average Bonchev–Trinajstić information content (AvgIpc) is 2.61. The number of fused-ring (bicyclic) bond motifs is 3. The second kappa shape index (κ2) is 3.34. The van der Waals surface area contributed by atoms with Crippen LogP contribution in [0.1, 0.15) is 6.42 Å². The molecule has 4 atom stereocenters. The predicted octanol–water partition coefficient (Wildman–Crippen LogP) is -0.595. The molecule has 0 N–H and O–H groups in total. The maximum absolute atomic E-state index is 12.2. The molecular formula is C10H13NO3S2. The quantitative estimate of drug-likeness (QED) is 0.583. The number of nitrogens with zero attached hydrogens (tertiary/aromatic N) is 1. The minimum Gasteiger partial charge on any atom is -0.293 e. The lowest BCUT2D eigenvalue weighted by atomic mass is 10.1. The van der Waals surface area contributed by atoms with E-state index in [0.29, 0.717) is 17.9 Å². The van der Waals surface area contributed by atoms with Crippen LogP contribution in [0.5, 0.6) is 0 Å². The zero-order valence-electron chi connectivity index (χ0n) is 8.92. The van der Waals surface area contributed by atoms with E-state index in [9.17, 15) is 13.2 Å². The third-order valence-corrected chi connectivity index (χ3v) is 8.66. The fourth-order valence-electron chi connectivity index (χ4n) is 3.00. The molecule has 2 saturated heterocycles. The van der Waals surface area contributed by atoms with Crippen molar-refractivity contribution in [3.63, 3.8) is 0 Å². The van der Waals surface area contributed by atoms with Gasteiger partial charge in [0.2, 0.25) is 0 Å². The van der Waals surface area contributed by atoms with Gasteiger partial charge in [0.25, 0.3) is 0 Å². The first-order chi connectivity index (χ1) is 7.57. The van der Waals surface area contributed by atoms with Crippen LogP contribution in [0, 0.1) is 0 Å². The third-order valence-electron chi connectivity index (χ3n) is 3.82. The summed E-state index contributed by atoms with van der Waals surface area (Å²) in [5.74, 6) is 0.897. The number of hydrogen-bond acceptors (Lipinski definition) is 4. The van der Waals surface area contributed by atoms with Crippen LogP contribution in [0.4, 0.5) is 0 Å². The van der Waals surface area contributed by atoms with Crippen molar-refractivity contribution >= 4 is 27.4 Å². The highest BCUT2D eigenvalue weighted by molar-refractivity contribution is 8.07. The fraction of sp³-hybridized carbons (Fsp3) is 0.700. The first-order valence-electron chi connectivity index (χ1n) is 5.28. The predicted molar refractivity (Wildman–Crippen MR) is 62.9 cm³/mol. The molecule has 6 heteroatoms. The summed E-state index contributed by atoms with van der Waals surface area (Å²) in [6.45, 7) is 0. The van der Waals surface area contributed by atoms with Gasteiger partial charge in [-0.25, -0.2) is 0 Å². The highest BCUT2D eigenvalue weighted by atomic mass is 32.3. The molecule has 88 valence electrons. The van der Waals surface area contributed by atoms with E-state index in [1.54, 1.807) is 6.08 Å². The molecule has 3 heterocycles. The van der Waals surface area contributed by atoms with Crippen LogP contribution in [0.25, 0.3) is 0 Å². The van der Waals surface area contributed by atoms with E-state index in [-0.39, 0.29) is 11.8 Å². The monoisotopic (exact) mass is 259 g/mol. The second-order valence-electron chi connectivity index (χ2n) is 4.51. The minimum absolute atomic E-state index is 0.0418. The van der Waals surface area contributed by atoms with Gasteiger partial charge in [0.15, 0.2) is 5.78 Å². The normalized spacial score (nSPS) is 45.7. The maximum atomic E-state index is 12.2. The molecule has 0 aromatic carbocycles. The molecule has 2 fully saturated rings. The Balaban J connectivity index is 2.15. The van der Waals surface area contributed by atoms with Crippen molar-refractivity contribution in [1.29, 1.82) is 0 Å². The average molecular weight is 259 g/mol. The highest BCUT2D eigenvalue weighted by Crippen LogP contribution is 2.45. The van der Waals surface area contributed by atoms with Crippen molar-refractivity contribution < 1.29 is 13.2 Å². The van der Waals surface area contributed by atoms with E-state index in [1.807, 2.05) is 18.0 Å². The molecule has 2 bridgehead atoms. The topological polar surface area (TPSA) is 54.5 Å². The summed E-state index contributed by atoms with van der Waals surface area (Å²) < 4.78 is 23.5. The summed E-state index contributed by atoms with van der Waals surface area (Å²) in [5, 5.41) is 0. The minimum atomic E-state index is -1.14. The molecule has 0 aliphatic carbocycles. The Morgan fingerprint density at radius 2 is 2.00 bits per heavy atom. The number of ketones is 1. The number of rotatable bonds is 0. The van der Waals surface area contributed by atoms with Gasteiger partial charge in [-0.2, -0.15) is 0 Å². The lowest BCUT2D eigenvalue weighted by Crippen LogP contribution is -2.52. The lowest BCUT2D eigenvalue weighted by Gasteiger charge is -2.30. The van der Waals surface area contributed by atoms with Gasteiger partial charge in [0.1, 0.15) is 10.1 Å². The fourth-order valence-corrected chi connectivity index (χ4v) is 8.01. The van der Waals surface area contributed by atoms with Crippen LogP contribution in [0.2, 0.25) is 0 Å². The zero-order valence-corrected chi connectivity index (χ0v) is 10.6. The molecule has 4 nitrogen and oxygen atoms in total. The van der Waals surface area contributed by atoms with Crippen LogP contribution < -0.4 is 0 Å². The van der Waals surface area contributed by atoms with E-state index < -0.39 is 31.7 Å². The Morgan fingerprint density at radius 1 is 1.38 bits per heavy atom. The number of carbonyl (C=O) groups excluding carboxylic acids is 1. The lowest BCUT2D eigenvalue weighted by molar-refractivity contribution is -0.119. The number of carbonyl (C=O) groups is 1. The summed E-state index contributed by atoms with van der Waals surface area (Å²) in [6.07, 6.45) is 4.01. The first-order valence-corrected chi connectivity index (χ1v) is 7.92. The molecule has 16 heavy (non-hydrogen) atoms. The van der Waals surface area contributed by atoms with Crippen molar-refractivity contribution in [3.05, 3.63) is 12.2 Å². The summed E-state index contributed by atoms with van der Waals surface area (Å²) in [5.41, 5.74) is 0.